The Morgan fingerprint density at radius 3 is 2.79 bits per heavy atom. The second kappa shape index (κ2) is 6.88. The quantitative estimate of drug-likeness (QED) is 0.736. The molecule has 1 aliphatic carbocycles. The SMILES string of the molecule is C=C[C@H]1CC[C@@H](O)C[C@@H]1n1cc(C(N)=O)c(Nc2ccccc2)n1. The van der Waals surface area contributed by atoms with Crippen LogP contribution in [0.3, 0.4) is 0 Å². The molecule has 1 fully saturated rings. The molecule has 24 heavy (non-hydrogen) atoms. The average Bonchev–Trinajstić information content (AvgIpc) is 2.99. The van der Waals surface area contributed by atoms with Gasteiger partial charge in [-0.15, -0.1) is 6.58 Å². The van der Waals surface area contributed by atoms with E-state index in [-0.39, 0.29) is 18.1 Å². The van der Waals surface area contributed by atoms with Gasteiger partial charge in [-0.05, 0) is 37.3 Å². The van der Waals surface area contributed by atoms with Gasteiger partial charge in [-0.3, -0.25) is 9.48 Å². The monoisotopic (exact) mass is 326 g/mol. The number of allylic oxidation sites excluding steroid dienone is 1. The van der Waals surface area contributed by atoms with Gasteiger partial charge in [0, 0.05) is 11.9 Å². The summed E-state index contributed by atoms with van der Waals surface area (Å²) in [5.41, 5.74) is 6.67. The van der Waals surface area contributed by atoms with Gasteiger partial charge in [-0.1, -0.05) is 24.3 Å². The normalized spacial score (nSPS) is 23.6. The number of benzene rings is 1. The molecular formula is C18H22N4O2. The molecule has 1 aliphatic rings. The van der Waals surface area contributed by atoms with E-state index in [9.17, 15) is 9.90 Å². The fourth-order valence-electron chi connectivity index (χ4n) is 3.22. The van der Waals surface area contributed by atoms with E-state index in [1.165, 1.54) is 0 Å². The molecule has 1 heterocycles. The molecule has 126 valence electrons. The second-order valence-electron chi connectivity index (χ2n) is 6.16. The van der Waals surface area contributed by atoms with E-state index in [2.05, 4.69) is 17.0 Å². The number of para-hydroxylation sites is 1. The van der Waals surface area contributed by atoms with Crippen LogP contribution in [0.4, 0.5) is 11.5 Å². The zero-order chi connectivity index (χ0) is 17.1. The van der Waals surface area contributed by atoms with E-state index in [1.807, 2.05) is 36.4 Å². The number of aliphatic hydroxyl groups is 1. The summed E-state index contributed by atoms with van der Waals surface area (Å²) in [7, 11) is 0. The predicted molar refractivity (Wildman–Crippen MR) is 93.1 cm³/mol. The van der Waals surface area contributed by atoms with Crippen molar-refractivity contribution in [1.29, 1.82) is 0 Å². The molecule has 3 rings (SSSR count). The number of carbonyl (C=O) groups is 1. The zero-order valence-corrected chi connectivity index (χ0v) is 13.4. The number of primary amides is 1. The maximum atomic E-state index is 11.8. The molecule has 2 aromatic rings. The lowest BCUT2D eigenvalue weighted by molar-refractivity contribution is 0.0813. The molecule has 1 aromatic carbocycles. The first-order valence-electron chi connectivity index (χ1n) is 8.10. The highest BCUT2D eigenvalue weighted by Gasteiger charge is 2.31. The lowest BCUT2D eigenvalue weighted by Gasteiger charge is -2.32. The Labute approximate surface area is 141 Å². The van der Waals surface area contributed by atoms with Crippen LogP contribution in [-0.2, 0) is 0 Å². The summed E-state index contributed by atoms with van der Waals surface area (Å²) in [4.78, 5) is 11.8. The molecule has 0 unspecified atom stereocenters. The first-order valence-corrected chi connectivity index (χ1v) is 8.10. The molecule has 1 amide bonds. The first kappa shape index (κ1) is 16.3. The van der Waals surface area contributed by atoms with Crippen molar-refractivity contribution in [3.63, 3.8) is 0 Å². The highest BCUT2D eigenvalue weighted by molar-refractivity contribution is 5.98. The van der Waals surface area contributed by atoms with E-state index in [1.54, 1.807) is 10.9 Å². The van der Waals surface area contributed by atoms with E-state index < -0.39 is 5.91 Å². The summed E-state index contributed by atoms with van der Waals surface area (Å²) in [5, 5.41) is 17.7. The number of hydrogen-bond donors (Lipinski definition) is 3. The van der Waals surface area contributed by atoms with Crippen LogP contribution in [0.15, 0.2) is 49.2 Å². The van der Waals surface area contributed by atoms with Crippen LogP contribution in [0, 0.1) is 5.92 Å². The molecule has 0 radical (unpaired) electrons. The van der Waals surface area contributed by atoms with Crippen LogP contribution in [0.1, 0.15) is 35.7 Å². The topological polar surface area (TPSA) is 93.2 Å². The van der Waals surface area contributed by atoms with Crippen molar-refractivity contribution in [1.82, 2.24) is 9.78 Å². The smallest absolute Gasteiger partial charge is 0.254 e. The summed E-state index contributed by atoms with van der Waals surface area (Å²) >= 11 is 0. The molecule has 1 saturated carbocycles. The standard InChI is InChI=1S/C18H22N4O2/c1-2-12-8-9-14(23)10-16(12)22-11-15(17(19)24)18(21-22)20-13-6-4-3-5-7-13/h2-7,11-12,14,16,23H,1,8-10H2,(H2,19,24)(H,20,21)/t12-,14+,16-/m0/s1. The third kappa shape index (κ3) is 3.33. The Balaban J connectivity index is 1.93. The third-order valence-corrected chi connectivity index (χ3v) is 4.52. The number of nitrogens with zero attached hydrogens (tertiary/aromatic N) is 2. The number of nitrogens with two attached hydrogens (primary N) is 1. The second-order valence-corrected chi connectivity index (χ2v) is 6.16. The van der Waals surface area contributed by atoms with Gasteiger partial charge in [-0.2, -0.15) is 5.10 Å². The molecule has 0 bridgehead atoms. The molecule has 0 saturated heterocycles. The Kier molecular flexibility index (Phi) is 4.66. The minimum Gasteiger partial charge on any atom is -0.393 e. The lowest BCUT2D eigenvalue weighted by Crippen LogP contribution is -2.29. The fraction of sp³-hybridized carbons (Fsp3) is 0.333. The van der Waals surface area contributed by atoms with Crippen molar-refractivity contribution >= 4 is 17.4 Å². The van der Waals surface area contributed by atoms with Gasteiger partial charge < -0.3 is 16.2 Å². The number of anilines is 2. The summed E-state index contributed by atoms with van der Waals surface area (Å²) in [6.07, 6.45) is 5.38. The maximum Gasteiger partial charge on any atom is 0.254 e. The van der Waals surface area contributed by atoms with Gasteiger partial charge in [0.05, 0.1) is 12.1 Å². The van der Waals surface area contributed by atoms with Gasteiger partial charge in [0.2, 0.25) is 0 Å². The lowest BCUT2D eigenvalue weighted by atomic mass is 9.83. The minimum atomic E-state index is -0.536. The van der Waals surface area contributed by atoms with Crippen LogP contribution < -0.4 is 11.1 Å². The summed E-state index contributed by atoms with van der Waals surface area (Å²) < 4.78 is 1.74. The van der Waals surface area contributed by atoms with Crippen molar-refractivity contribution in [3.05, 3.63) is 54.7 Å². The van der Waals surface area contributed by atoms with E-state index in [4.69, 9.17) is 5.73 Å². The van der Waals surface area contributed by atoms with Crippen LogP contribution >= 0.6 is 0 Å². The van der Waals surface area contributed by atoms with Crippen LogP contribution in [0.2, 0.25) is 0 Å². The van der Waals surface area contributed by atoms with Gasteiger partial charge in [0.15, 0.2) is 5.82 Å². The third-order valence-electron chi connectivity index (χ3n) is 4.52. The highest BCUT2D eigenvalue weighted by atomic mass is 16.3. The van der Waals surface area contributed by atoms with Crippen molar-refractivity contribution in [3.8, 4) is 0 Å². The van der Waals surface area contributed by atoms with Gasteiger partial charge >= 0.3 is 0 Å². The van der Waals surface area contributed by atoms with Crippen molar-refractivity contribution in [2.75, 3.05) is 5.32 Å². The van der Waals surface area contributed by atoms with E-state index >= 15 is 0 Å². The van der Waals surface area contributed by atoms with Crippen LogP contribution in [-0.4, -0.2) is 26.9 Å². The Morgan fingerprint density at radius 2 is 2.12 bits per heavy atom. The Hall–Kier alpha value is -2.60. The largest absolute Gasteiger partial charge is 0.393 e. The molecule has 4 N–H and O–H groups in total. The van der Waals surface area contributed by atoms with Crippen LogP contribution in [0.5, 0.6) is 0 Å². The maximum absolute atomic E-state index is 11.8. The molecule has 1 aromatic heterocycles. The number of rotatable bonds is 5. The van der Waals surface area contributed by atoms with Crippen molar-refractivity contribution in [2.45, 2.75) is 31.4 Å². The van der Waals surface area contributed by atoms with Gasteiger partial charge in [-0.25, -0.2) is 0 Å². The van der Waals surface area contributed by atoms with Gasteiger partial charge in [0.25, 0.3) is 5.91 Å². The average molecular weight is 326 g/mol. The van der Waals surface area contributed by atoms with E-state index in [0.717, 1.165) is 18.5 Å². The predicted octanol–water partition coefficient (Wildman–Crippen LogP) is 2.61. The number of nitrogens with one attached hydrogen (secondary N) is 1. The van der Waals surface area contributed by atoms with Crippen molar-refractivity contribution in [2.24, 2.45) is 11.7 Å². The summed E-state index contributed by atoms with van der Waals surface area (Å²) in [6.45, 7) is 3.89. The minimum absolute atomic E-state index is 0.0318. The number of aliphatic hydroxyl groups excluding tert-OH is 1. The Bertz CT molecular complexity index is 726. The summed E-state index contributed by atoms with van der Waals surface area (Å²) in [6, 6.07) is 9.46. The molecule has 6 nitrogen and oxygen atoms in total. The number of carbonyl (C=O) groups excluding carboxylic acids is 1. The molecule has 0 aliphatic heterocycles. The zero-order valence-electron chi connectivity index (χ0n) is 13.4. The highest BCUT2D eigenvalue weighted by Crippen LogP contribution is 2.35. The fourth-order valence-corrected chi connectivity index (χ4v) is 3.22. The molecule has 3 atom stereocenters. The molecule has 6 heteroatoms. The first-order chi connectivity index (χ1) is 11.6. The van der Waals surface area contributed by atoms with Crippen molar-refractivity contribution < 1.29 is 9.90 Å². The number of aromatic nitrogens is 2. The van der Waals surface area contributed by atoms with Gasteiger partial charge in [0.1, 0.15) is 5.56 Å². The van der Waals surface area contributed by atoms with Crippen LogP contribution in [0.25, 0.3) is 0 Å². The number of hydrogen-bond acceptors (Lipinski definition) is 4. The molecule has 0 spiro atoms. The molecular weight excluding hydrogens is 304 g/mol. The Morgan fingerprint density at radius 1 is 1.38 bits per heavy atom. The number of amides is 1. The van der Waals surface area contributed by atoms with E-state index in [0.29, 0.717) is 17.8 Å². The summed E-state index contributed by atoms with van der Waals surface area (Å²) in [5.74, 6) is 0.0985.